The number of thiazole rings is 1. The van der Waals surface area contributed by atoms with Gasteiger partial charge in [0.25, 0.3) is 0 Å². The van der Waals surface area contributed by atoms with E-state index in [1.54, 1.807) is 23.6 Å². The van der Waals surface area contributed by atoms with Crippen molar-refractivity contribution in [3.63, 3.8) is 0 Å². The third kappa shape index (κ3) is 4.02. The molecule has 2 aromatic heterocycles. The first-order valence-electron chi connectivity index (χ1n) is 7.09. The van der Waals surface area contributed by atoms with Crippen molar-refractivity contribution in [3.05, 3.63) is 47.7 Å². The molecule has 0 spiro atoms. The molecular formula is C16H16N4O2S. The Labute approximate surface area is 137 Å². The summed E-state index contributed by atoms with van der Waals surface area (Å²) >= 11 is 1.60. The number of hydrogen-bond donors (Lipinski definition) is 2. The van der Waals surface area contributed by atoms with E-state index in [0.717, 1.165) is 21.7 Å². The normalized spacial score (nSPS) is 10.5. The number of rotatable bonds is 6. The second kappa shape index (κ2) is 7.17. The Morgan fingerprint density at radius 3 is 3.00 bits per heavy atom. The number of nitrogens with one attached hydrogen (secondary N) is 1. The van der Waals surface area contributed by atoms with Gasteiger partial charge in [0, 0.05) is 24.1 Å². The van der Waals surface area contributed by atoms with E-state index in [9.17, 15) is 0 Å². The van der Waals surface area contributed by atoms with Crippen molar-refractivity contribution in [1.82, 2.24) is 15.0 Å². The lowest BCUT2D eigenvalue weighted by Gasteiger charge is -2.09. The SMILES string of the molecule is Cc1cc(Nc2nccc(OCCO)n2)cc(-c2cncs2)c1. The summed E-state index contributed by atoms with van der Waals surface area (Å²) in [5, 5.41) is 12.0. The largest absolute Gasteiger partial charge is 0.475 e. The van der Waals surface area contributed by atoms with Gasteiger partial charge in [-0.05, 0) is 30.2 Å². The summed E-state index contributed by atoms with van der Waals surface area (Å²) in [6.07, 6.45) is 3.46. The molecule has 0 atom stereocenters. The molecule has 2 heterocycles. The van der Waals surface area contributed by atoms with Crippen LogP contribution in [0.4, 0.5) is 11.6 Å². The molecule has 118 valence electrons. The third-order valence-electron chi connectivity index (χ3n) is 3.02. The van der Waals surface area contributed by atoms with Gasteiger partial charge in [0.15, 0.2) is 0 Å². The molecule has 0 amide bonds. The summed E-state index contributed by atoms with van der Waals surface area (Å²) in [5.74, 6) is 0.869. The number of anilines is 2. The maximum absolute atomic E-state index is 8.80. The van der Waals surface area contributed by atoms with Gasteiger partial charge < -0.3 is 15.2 Å². The average molecular weight is 328 g/mol. The third-order valence-corrected chi connectivity index (χ3v) is 3.84. The number of hydrogen-bond acceptors (Lipinski definition) is 7. The summed E-state index contributed by atoms with van der Waals surface area (Å²) in [7, 11) is 0. The molecule has 0 radical (unpaired) electrons. The van der Waals surface area contributed by atoms with Crippen LogP contribution in [0.25, 0.3) is 10.4 Å². The number of ether oxygens (including phenoxy) is 1. The molecule has 23 heavy (non-hydrogen) atoms. The van der Waals surface area contributed by atoms with Crippen molar-refractivity contribution in [3.8, 4) is 16.3 Å². The van der Waals surface area contributed by atoms with E-state index in [2.05, 4.69) is 26.3 Å². The maximum Gasteiger partial charge on any atom is 0.230 e. The second-order valence-electron chi connectivity index (χ2n) is 4.87. The predicted molar refractivity (Wildman–Crippen MR) is 90.2 cm³/mol. The van der Waals surface area contributed by atoms with E-state index in [4.69, 9.17) is 9.84 Å². The molecule has 3 aromatic rings. The zero-order chi connectivity index (χ0) is 16.1. The molecular weight excluding hydrogens is 312 g/mol. The van der Waals surface area contributed by atoms with Crippen molar-refractivity contribution < 1.29 is 9.84 Å². The Balaban J connectivity index is 1.83. The van der Waals surface area contributed by atoms with E-state index >= 15 is 0 Å². The van der Waals surface area contributed by atoms with E-state index in [1.807, 2.05) is 30.8 Å². The Morgan fingerprint density at radius 2 is 2.22 bits per heavy atom. The van der Waals surface area contributed by atoms with E-state index < -0.39 is 0 Å². The monoisotopic (exact) mass is 328 g/mol. The molecule has 0 saturated carbocycles. The Morgan fingerprint density at radius 1 is 1.30 bits per heavy atom. The van der Waals surface area contributed by atoms with Gasteiger partial charge in [0.1, 0.15) is 6.61 Å². The molecule has 1 aromatic carbocycles. The maximum atomic E-state index is 8.80. The average Bonchev–Trinajstić information content (AvgIpc) is 3.07. The van der Waals surface area contributed by atoms with Crippen LogP contribution in [0, 0.1) is 6.92 Å². The summed E-state index contributed by atoms with van der Waals surface area (Å²) in [6.45, 7) is 2.19. The molecule has 0 aliphatic carbocycles. The fraction of sp³-hybridized carbons (Fsp3) is 0.188. The molecule has 0 bridgehead atoms. The number of benzene rings is 1. The standard InChI is InChI=1S/C16H16N4O2S/c1-11-6-12(14-9-17-10-23-14)8-13(7-11)19-16-18-3-2-15(20-16)22-5-4-21/h2-3,6-10,21H,4-5H2,1H3,(H,18,19,20). The van der Waals surface area contributed by atoms with Crippen LogP contribution in [-0.2, 0) is 0 Å². The van der Waals surface area contributed by atoms with E-state index in [0.29, 0.717) is 11.8 Å². The van der Waals surface area contributed by atoms with Crippen LogP contribution in [0.15, 0.2) is 42.2 Å². The number of aryl methyl sites for hydroxylation is 1. The van der Waals surface area contributed by atoms with Gasteiger partial charge in [-0.25, -0.2) is 4.98 Å². The predicted octanol–water partition coefficient (Wildman–Crippen LogP) is 3.02. The highest BCUT2D eigenvalue weighted by atomic mass is 32.1. The highest BCUT2D eigenvalue weighted by Gasteiger charge is 2.05. The van der Waals surface area contributed by atoms with Crippen LogP contribution in [0.2, 0.25) is 0 Å². The topological polar surface area (TPSA) is 80.2 Å². The van der Waals surface area contributed by atoms with Crippen molar-refractivity contribution in [2.75, 3.05) is 18.5 Å². The quantitative estimate of drug-likeness (QED) is 0.724. The molecule has 0 aliphatic rings. The number of aliphatic hydroxyl groups excluding tert-OH is 1. The Bertz CT molecular complexity index is 778. The van der Waals surface area contributed by atoms with E-state index in [-0.39, 0.29) is 13.2 Å². The minimum atomic E-state index is -0.0527. The summed E-state index contributed by atoms with van der Waals surface area (Å²) in [4.78, 5) is 13.7. The Kier molecular flexibility index (Phi) is 4.80. The van der Waals surface area contributed by atoms with Gasteiger partial charge in [-0.2, -0.15) is 4.98 Å². The minimum absolute atomic E-state index is 0.0527. The second-order valence-corrected chi connectivity index (χ2v) is 5.76. The zero-order valence-corrected chi connectivity index (χ0v) is 13.4. The molecule has 3 rings (SSSR count). The smallest absolute Gasteiger partial charge is 0.230 e. The number of nitrogens with zero attached hydrogens (tertiary/aromatic N) is 3. The first-order chi connectivity index (χ1) is 11.2. The number of aliphatic hydroxyl groups is 1. The first-order valence-corrected chi connectivity index (χ1v) is 7.97. The fourth-order valence-electron chi connectivity index (χ4n) is 2.12. The zero-order valence-electron chi connectivity index (χ0n) is 12.6. The van der Waals surface area contributed by atoms with Crippen LogP contribution >= 0.6 is 11.3 Å². The van der Waals surface area contributed by atoms with Gasteiger partial charge in [0.05, 0.1) is 17.0 Å². The summed E-state index contributed by atoms with van der Waals surface area (Å²) in [5.41, 5.74) is 4.94. The number of aromatic nitrogens is 3. The molecule has 0 fully saturated rings. The lowest BCUT2D eigenvalue weighted by Crippen LogP contribution is -2.05. The van der Waals surface area contributed by atoms with Crippen molar-refractivity contribution in [1.29, 1.82) is 0 Å². The molecule has 6 nitrogen and oxygen atoms in total. The van der Waals surface area contributed by atoms with Gasteiger partial charge >= 0.3 is 0 Å². The van der Waals surface area contributed by atoms with Gasteiger partial charge in [-0.15, -0.1) is 11.3 Å². The molecule has 0 saturated heterocycles. The van der Waals surface area contributed by atoms with Crippen LogP contribution < -0.4 is 10.1 Å². The highest BCUT2D eigenvalue weighted by Crippen LogP contribution is 2.28. The first kappa shape index (κ1) is 15.4. The van der Waals surface area contributed by atoms with Crippen LogP contribution in [-0.4, -0.2) is 33.3 Å². The Hall–Kier alpha value is -2.51. The summed E-state index contributed by atoms with van der Waals surface area (Å²) in [6, 6.07) is 7.82. The van der Waals surface area contributed by atoms with Crippen molar-refractivity contribution in [2.24, 2.45) is 0 Å². The minimum Gasteiger partial charge on any atom is -0.475 e. The van der Waals surface area contributed by atoms with Crippen LogP contribution in [0.1, 0.15) is 5.56 Å². The van der Waals surface area contributed by atoms with E-state index in [1.165, 1.54) is 0 Å². The molecule has 7 heteroatoms. The lowest BCUT2D eigenvalue weighted by atomic mass is 10.1. The van der Waals surface area contributed by atoms with Gasteiger partial charge in [0.2, 0.25) is 11.8 Å². The fourth-order valence-corrected chi connectivity index (χ4v) is 2.73. The van der Waals surface area contributed by atoms with Crippen LogP contribution in [0.3, 0.4) is 0 Å². The van der Waals surface area contributed by atoms with Gasteiger partial charge in [-0.1, -0.05) is 6.07 Å². The molecule has 0 unspecified atom stereocenters. The highest BCUT2D eigenvalue weighted by molar-refractivity contribution is 7.13. The van der Waals surface area contributed by atoms with Crippen LogP contribution in [0.5, 0.6) is 5.88 Å². The molecule has 0 aliphatic heterocycles. The lowest BCUT2D eigenvalue weighted by molar-refractivity contribution is 0.196. The van der Waals surface area contributed by atoms with Crippen molar-refractivity contribution in [2.45, 2.75) is 6.92 Å². The summed E-state index contributed by atoms with van der Waals surface area (Å²) < 4.78 is 5.29. The van der Waals surface area contributed by atoms with Crippen molar-refractivity contribution >= 4 is 23.0 Å². The van der Waals surface area contributed by atoms with Gasteiger partial charge in [-0.3, -0.25) is 4.98 Å². The molecule has 2 N–H and O–H groups in total.